The van der Waals surface area contributed by atoms with E-state index < -0.39 is 0 Å². The number of nitrogens with one attached hydrogen (secondary N) is 1. The lowest BCUT2D eigenvalue weighted by Crippen LogP contribution is -2.46. The van der Waals surface area contributed by atoms with Crippen LogP contribution in [0, 0.1) is 0 Å². The predicted octanol–water partition coefficient (Wildman–Crippen LogP) is 0.222. The van der Waals surface area contributed by atoms with Gasteiger partial charge in [0.1, 0.15) is 0 Å². The smallest absolute Gasteiger partial charge is 0.317 e. The Bertz CT molecular complexity index is 138. The van der Waals surface area contributed by atoms with Crippen LogP contribution in [0.3, 0.4) is 0 Å². The van der Waals surface area contributed by atoms with Gasteiger partial charge in [0, 0.05) is 19.6 Å². The third kappa shape index (κ3) is 2.38. The second-order valence-electron chi connectivity index (χ2n) is 2.63. The van der Waals surface area contributed by atoms with Crippen LogP contribution in [-0.4, -0.2) is 37.2 Å². The number of urea groups is 1. The molecule has 0 aliphatic carbocycles. The molecular formula is C7H13N2O2. The van der Waals surface area contributed by atoms with E-state index in [0.717, 1.165) is 19.5 Å². The van der Waals surface area contributed by atoms with Gasteiger partial charge in [0.15, 0.2) is 0 Å². The van der Waals surface area contributed by atoms with Crippen LogP contribution in [0.15, 0.2) is 0 Å². The number of amides is 2. The van der Waals surface area contributed by atoms with Crippen molar-refractivity contribution in [3.8, 4) is 0 Å². The van der Waals surface area contributed by atoms with Gasteiger partial charge in [-0.05, 0) is 12.8 Å². The van der Waals surface area contributed by atoms with E-state index in [0.29, 0.717) is 13.0 Å². The van der Waals surface area contributed by atoms with Crippen molar-refractivity contribution in [2.75, 3.05) is 26.2 Å². The summed E-state index contributed by atoms with van der Waals surface area (Å²) in [7, 11) is 0. The molecule has 4 heteroatoms. The predicted molar refractivity (Wildman–Crippen MR) is 39.8 cm³/mol. The summed E-state index contributed by atoms with van der Waals surface area (Å²) in [5, 5.41) is 12.8. The molecule has 4 nitrogen and oxygen atoms in total. The summed E-state index contributed by atoms with van der Waals surface area (Å²) in [4.78, 5) is 12.7. The summed E-state index contributed by atoms with van der Waals surface area (Å²) in [6.07, 6.45) is 1.55. The van der Waals surface area contributed by atoms with Crippen molar-refractivity contribution >= 4 is 6.03 Å². The Kier molecular flexibility index (Phi) is 3.16. The molecular weight excluding hydrogens is 144 g/mol. The van der Waals surface area contributed by atoms with Crippen LogP contribution >= 0.6 is 0 Å². The Labute approximate surface area is 66.2 Å². The third-order valence-electron chi connectivity index (χ3n) is 1.74. The highest BCUT2D eigenvalue weighted by Crippen LogP contribution is 1.99. The van der Waals surface area contributed by atoms with Crippen molar-refractivity contribution in [3.63, 3.8) is 0 Å². The molecule has 2 amide bonds. The number of nitrogens with zero attached hydrogens (tertiary/aromatic N) is 1. The SMILES string of the molecule is [O]CCCN1CCCNC1=O. The number of hydrogen-bond donors (Lipinski definition) is 1. The molecule has 63 valence electrons. The fourth-order valence-electron chi connectivity index (χ4n) is 1.15. The molecule has 0 aromatic rings. The molecule has 0 aromatic carbocycles. The van der Waals surface area contributed by atoms with Crippen LogP contribution in [0.4, 0.5) is 4.79 Å². The summed E-state index contributed by atoms with van der Waals surface area (Å²) in [6, 6.07) is -0.0234. The molecule has 1 saturated heterocycles. The number of hydrogen-bond acceptors (Lipinski definition) is 1. The summed E-state index contributed by atoms with van der Waals surface area (Å²) >= 11 is 0. The average Bonchev–Trinajstić information content (AvgIpc) is 2.03. The van der Waals surface area contributed by atoms with E-state index in [1.807, 2.05) is 0 Å². The van der Waals surface area contributed by atoms with Gasteiger partial charge in [-0.15, -0.1) is 0 Å². The summed E-state index contributed by atoms with van der Waals surface area (Å²) in [5.74, 6) is 0. The Morgan fingerprint density at radius 3 is 3.00 bits per heavy atom. The molecule has 0 saturated carbocycles. The summed E-state index contributed by atoms with van der Waals surface area (Å²) in [6.45, 7) is 2.08. The maximum Gasteiger partial charge on any atom is 0.317 e. The fraction of sp³-hybridized carbons (Fsp3) is 0.857. The molecule has 1 heterocycles. The quantitative estimate of drug-likeness (QED) is 0.626. The van der Waals surface area contributed by atoms with E-state index in [1.54, 1.807) is 4.90 Å². The third-order valence-corrected chi connectivity index (χ3v) is 1.74. The zero-order valence-electron chi connectivity index (χ0n) is 6.51. The first-order valence-corrected chi connectivity index (χ1v) is 3.95. The van der Waals surface area contributed by atoms with Crippen molar-refractivity contribution in [1.82, 2.24) is 10.2 Å². The average molecular weight is 157 g/mol. The van der Waals surface area contributed by atoms with Gasteiger partial charge >= 0.3 is 6.03 Å². The number of carbonyl (C=O) groups excluding carboxylic acids is 1. The largest absolute Gasteiger partial charge is 0.338 e. The first-order valence-electron chi connectivity index (χ1n) is 3.95. The Balaban J connectivity index is 2.24. The van der Waals surface area contributed by atoms with Crippen molar-refractivity contribution in [2.24, 2.45) is 0 Å². The lowest BCUT2D eigenvalue weighted by Gasteiger charge is -2.26. The van der Waals surface area contributed by atoms with E-state index in [9.17, 15) is 9.90 Å². The van der Waals surface area contributed by atoms with E-state index in [-0.39, 0.29) is 12.6 Å². The zero-order valence-corrected chi connectivity index (χ0v) is 6.51. The number of carbonyl (C=O) groups is 1. The second kappa shape index (κ2) is 4.18. The van der Waals surface area contributed by atoms with Gasteiger partial charge in [0.25, 0.3) is 0 Å². The minimum absolute atomic E-state index is 0.0234. The van der Waals surface area contributed by atoms with Crippen LogP contribution in [-0.2, 0) is 5.11 Å². The minimum atomic E-state index is -0.0935. The van der Waals surface area contributed by atoms with Gasteiger partial charge in [0.05, 0.1) is 6.61 Å². The Morgan fingerprint density at radius 2 is 2.36 bits per heavy atom. The lowest BCUT2D eigenvalue weighted by atomic mass is 10.3. The molecule has 11 heavy (non-hydrogen) atoms. The monoisotopic (exact) mass is 157 g/mol. The van der Waals surface area contributed by atoms with Gasteiger partial charge in [-0.25, -0.2) is 9.90 Å². The first-order chi connectivity index (χ1) is 5.34. The molecule has 1 aliphatic heterocycles. The van der Waals surface area contributed by atoms with E-state index in [4.69, 9.17) is 0 Å². The summed E-state index contributed by atoms with van der Waals surface area (Å²) in [5.41, 5.74) is 0. The van der Waals surface area contributed by atoms with Crippen molar-refractivity contribution in [1.29, 1.82) is 0 Å². The van der Waals surface area contributed by atoms with Crippen LogP contribution in [0.1, 0.15) is 12.8 Å². The van der Waals surface area contributed by atoms with Gasteiger partial charge in [0.2, 0.25) is 0 Å². The van der Waals surface area contributed by atoms with Gasteiger partial charge in [-0.2, -0.15) is 0 Å². The molecule has 1 fully saturated rings. The zero-order chi connectivity index (χ0) is 8.10. The maximum atomic E-state index is 11.0. The van der Waals surface area contributed by atoms with E-state index >= 15 is 0 Å². The number of rotatable bonds is 3. The first kappa shape index (κ1) is 8.33. The standard InChI is InChI=1S/C7H13N2O2/c10-6-2-5-9-4-1-3-8-7(9)11/h1-6H2,(H,8,11). The van der Waals surface area contributed by atoms with Gasteiger partial charge < -0.3 is 10.2 Å². The van der Waals surface area contributed by atoms with Gasteiger partial charge in [-0.3, -0.25) is 0 Å². The highest BCUT2D eigenvalue weighted by molar-refractivity contribution is 5.74. The van der Waals surface area contributed by atoms with Crippen LogP contribution in [0.2, 0.25) is 0 Å². The molecule has 0 atom stereocenters. The molecule has 0 unspecified atom stereocenters. The van der Waals surface area contributed by atoms with Crippen molar-refractivity contribution in [2.45, 2.75) is 12.8 Å². The minimum Gasteiger partial charge on any atom is -0.338 e. The van der Waals surface area contributed by atoms with Gasteiger partial charge in [-0.1, -0.05) is 0 Å². The van der Waals surface area contributed by atoms with Crippen LogP contribution in [0.25, 0.3) is 0 Å². The lowest BCUT2D eigenvalue weighted by molar-refractivity contribution is 0.157. The molecule has 0 spiro atoms. The molecule has 1 rings (SSSR count). The molecule has 1 aliphatic rings. The van der Waals surface area contributed by atoms with Crippen molar-refractivity contribution in [3.05, 3.63) is 0 Å². The van der Waals surface area contributed by atoms with Crippen molar-refractivity contribution < 1.29 is 9.90 Å². The Hall–Kier alpha value is -0.770. The normalized spacial score (nSPS) is 18.3. The highest BCUT2D eigenvalue weighted by atomic mass is 16.3. The maximum absolute atomic E-state index is 11.0. The van der Waals surface area contributed by atoms with E-state index in [1.165, 1.54) is 0 Å². The second-order valence-corrected chi connectivity index (χ2v) is 2.63. The summed E-state index contributed by atoms with van der Waals surface area (Å²) < 4.78 is 0. The van der Waals surface area contributed by atoms with Crippen LogP contribution < -0.4 is 5.32 Å². The molecule has 1 radical (unpaired) electrons. The van der Waals surface area contributed by atoms with E-state index in [2.05, 4.69) is 5.32 Å². The molecule has 1 N–H and O–H groups in total. The Morgan fingerprint density at radius 1 is 1.55 bits per heavy atom. The fourth-order valence-corrected chi connectivity index (χ4v) is 1.15. The molecule has 0 aromatic heterocycles. The topological polar surface area (TPSA) is 52.2 Å². The highest BCUT2D eigenvalue weighted by Gasteiger charge is 2.15. The van der Waals surface area contributed by atoms with Crippen LogP contribution in [0.5, 0.6) is 0 Å². The molecule has 0 bridgehead atoms.